The molecule has 8 nitrogen and oxygen atoms in total. The first-order chi connectivity index (χ1) is 19.1. The summed E-state index contributed by atoms with van der Waals surface area (Å²) in [6.07, 6.45) is 16.7. The SMILES string of the molecule is CSc1ncccc1CNc1ncc(C#N)c(NC[C@]23CC4C[C@H](C2)C(N[C@H]2CC[C@H](CO)CC2)[C@@H](C4)C3)n1. The summed E-state index contributed by atoms with van der Waals surface area (Å²) in [6, 6.07) is 7.54. The summed E-state index contributed by atoms with van der Waals surface area (Å²) in [7, 11) is 0. The van der Waals surface area contributed by atoms with E-state index in [1.807, 2.05) is 18.5 Å². The Morgan fingerprint density at radius 3 is 2.62 bits per heavy atom. The Balaban J connectivity index is 1.09. The highest BCUT2D eigenvalue weighted by atomic mass is 32.2. The number of aliphatic hydroxyl groups is 1. The van der Waals surface area contributed by atoms with Gasteiger partial charge in [-0.2, -0.15) is 10.2 Å². The number of pyridine rings is 1. The van der Waals surface area contributed by atoms with Crippen molar-refractivity contribution in [3.63, 3.8) is 0 Å². The molecule has 4 N–H and O–H groups in total. The van der Waals surface area contributed by atoms with Gasteiger partial charge in [-0.1, -0.05) is 6.07 Å². The molecule has 0 spiro atoms. The zero-order valence-corrected chi connectivity index (χ0v) is 23.7. The Morgan fingerprint density at radius 2 is 1.90 bits per heavy atom. The number of aliphatic hydroxyl groups excluding tert-OH is 1. The Bertz CT molecular complexity index is 1180. The van der Waals surface area contributed by atoms with E-state index in [1.165, 1.54) is 44.9 Å². The van der Waals surface area contributed by atoms with Crippen molar-refractivity contribution in [2.75, 3.05) is 30.0 Å². The predicted molar refractivity (Wildman–Crippen MR) is 154 cm³/mol. The first kappa shape index (κ1) is 26.8. The minimum atomic E-state index is 0.289. The largest absolute Gasteiger partial charge is 0.396 e. The second-order valence-corrected chi connectivity index (χ2v) is 13.3. The third-order valence-electron chi connectivity index (χ3n) is 9.95. The molecule has 0 saturated heterocycles. The quantitative estimate of drug-likeness (QED) is 0.310. The summed E-state index contributed by atoms with van der Waals surface area (Å²) >= 11 is 1.62. The molecule has 7 rings (SSSR count). The summed E-state index contributed by atoms with van der Waals surface area (Å²) in [6.45, 7) is 1.80. The first-order valence-electron chi connectivity index (χ1n) is 14.7. The minimum absolute atomic E-state index is 0.289. The van der Waals surface area contributed by atoms with Crippen LogP contribution in [0.2, 0.25) is 0 Å². The fourth-order valence-electron chi connectivity index (χ4n) is 8.34. The van der Waals surface area contributed by atoms with Crippen LogP contribution in [0.15, 0.2) is 29.6 Å². The smallest absolute Gasteiger partial charge is 0.224 e. The average Bonchev–Trinajstić information content (AvgIpc) is 2.97. The molecule has 5 fully saturated rings. The standard InChI is InChI=1S/C30H41N7OS/c1-39-28-21(3-2-8-32-28)15-33-29-34-16-24(14-31)27(37-29)35-18-30-11-20-9-22(12-30)26(23(10-20)13-30)36-25-6-4-19(17-38)5-7-25/h2-3,8,16,19-20,22-23,25-26,36,38H,4-7,9-13,15,17-18H2,1H3,(H2,33,34,35,37)/t19-,20?,22-,23+,25-,26?,30-. The van der Waals surface area contributed by atoms with Crippen molar-refractivity contribution in [3.8, 4) is 6.07 Å². The number of nitrogens with one attached hydrogen (secondary N) is 3. The van der Waals surface area contributed by atoms with E-state index in [0.29, 0.717) is 48.5 Å². The molecule has 2 heterocycles. The molecule has 5 atom stereocenters. The van der Waals surface area contributed by atoms with Crippen LogP contribution in [-0.2, 0) is 6.54 Å². The second kappa shape index (κ2) is 11.6. The van der Waals surface area contributed by atoms with Crippen LogP contribution in [0.25, 0.3) is 0 Å². The summed E-state index contributed by atoms with van der Waals surface area (Å²) < 4.78 is 0. The summed E-state index contributed by atoms with van der Waals surface area (Å²) in [5.74, 6) is 3.99. The topological polar surface area (TPSA) is 119 Å². The molecule has 2 aromatic rings. The molecule has 4 bridgehead atoms. The van der Waals surface area contributed by atoms with Crippen molar-refractivity contribution < 1.29 is 5.11 Å². The third kappa shape index (κ3) is 5.75. The van der Waals surface area contributed by atoms with E-state index < -0.39 is 0 Å². The van der Waals surface area contributed by atoms with Crippen LogP contribution in [0.5, 0.6) is 0 Å². The lowest BCUT2D eigenvalue weighted by Crippen LogP contribution is -2.61. The van der Waals surface area contributed by atoms with Gasteiger partial charge in [0.05, 0.1) is 6.20 Å². The lowest BCUT2D eigenvalue weighted by molar-refractivity contribution is -0.0733. The molecule has 0 radical (unpaired) electrons. The molecular weight excluding hydrogens is 506 g/mol. The minimum Gasteiger partial charge on any atom is -0.396 e. The Hall–Kier alpha value is -2.41. The first-order valence-corrected chi connectivity index (χ1v) is 15.9. The summed E-state index contributed by atoms with van der Waals surface area (Å²) in [5, 5.41) is 31.3. The van der Waals surface area contributed by atoms with Gasteiger partial charge < -0.3 is 21.1 Å². The van der Waals surface area contributed by atoms with Crippen LogP contribution in [-0.4, -0.2) is 51.5 Å². The summed E-state index contributed by atoms with van der Waals surface area (Å²) in [4.78, 5) is 13.6. The number of nitriles is 1. The number of thioether (sulfide) groups is 1. The van der Waals surface area contributed by atoms with Crippen LogP contribution >= 0.6 is 11.8 Å². The van der Waals surface area contributed by atoms with Gasteiger partial charge in [-0.25, -0.2) is 9.97 Å². The monoisotopic (exact) mass is 547 g/mol. The van der Waals surface area contributed by atoms with E-state index >= 15 is 0 Å². The molecule has 208 valence electrons. The number of hydrogen-bond donors (Lipinski definition) is 4. The molecule has 0 aliphatic heterocycles. The van der Waals surface area contributed by atoms with Gasteiger partial charge in [0.25, 0.3) is 0 Å². The number of nitrogens with zero attached hydrogens (tertiary/aromatic N) is 4. The Labute approximate surface area is 236 Å². The fourth-order valence-corrected chi connectivity index (χ4v) is 8.91. The molecule has 0 aromatic carbocycles. The highest BCUT2D eigenvalue weighted by Crippen LogP contribution is 2.60. The van der Waals surface area contributed by atoms with Crippen LogP contribution in [0.1, 0.15) is 68.9 Å². The highest BCUT2D eigenvalue weighted by molar-refractivity contribution is 7.98. The van der Waals surface area contributed by atoms with Gasteiger partial charge in [-0.15, -0.1) is 11.8 Å². The average molecular weight is 548 g/mol. The molecule has 39 heavy (non-hydrogen) atoms. The van der Waals surface area contributed by atoms with Gasteiger partial charge in [0.2, 0.25) is 5.95 Å². The fraction of sp³-hybridized carbons (Fsp3) is 0.667. The number of anilines is 2. The molecule has 5 aliphatic rings. The maximum absolute atomic E-state index is 9.75. The van der Waals surface area contributed by atoms with Crippen molar-refractivity contribution >= 4 is 23.5 Å². The molecule has 0 amide bonds. The van der Waals surface area contributed by atoms with Gasteiger partial charge in [0.15, 0.2) is 0 Å². The zero-order valence-electron chi connectivity index (χ0n) is 22.9. The molecule has 2 unspecified atom stereocenters. The van der Waals surface area contributed by atoms with E-state index in [2.05, 4.69) is 38.1 Å². The van der Waals surface area contributed by atoms with Crippen molar-refractivity contribution in [1.29, 1.82) is 5.26 Å². The van der Waals surface area contributed by atoms with Crippen molar-refractivity contribution in [2.45, 2.75) is 81.4 Å². The molecule has 2 aromatic heterocycles. The Kier molecular flexibility index (Phi) is 7.97. The molecule has 5 aliphatic carbocycles. The van der Waals surface area contributed by atoms with E-state index in [9.17, 15) is 10.4 Å². The van der Waals surface area contributed by atoms with Gasteiger partial charge in [-0.3, -0.25) is 0 Å². The third-order valence-corrected chi connectivity index (χ3v) is 10.7. The van der Waals surface area contributed by atoms with Gasteiger partial charge in [0, 0.05) is 43.5 Å². The van der Waals surface area contributed by atoms with Gasteiger partial charge in [-0.05, 0) is 99.2 Å². The van der Waals surface area contributed by atoms with Crippen LogP contribution in [0.3, 0.4) is 0 Å². The number of hydrogen-bond acceptors (Lipinski definition) is 9. The van der Waals surface area contributed by atoms with Crippen LogP contribution < -0.4 is 16.0 Å². The normalized spacial score (nSPS) is 33.1. The molecule has 9 heteroatoms. The summed E-state index contributed by atoms with van der Waals surface area (Å²) in [5.41, 5.74) is 1.89. The maximum Gasteiger partial charge on any atom is 0.224 e. The number of aromatic nitrogens is 3. The van der Waals surface area contributed by atoms with E-state index in [-0.39, 0.29) is 5.41 Å². The van der Waals surface area contributed by atoms with Crippen LogP contribution in [0.4, 0.5) is 11.8 Å². The van der Waals surface area contributed by atoms with Crippen molar-refractivity contribution in [1.82, 2.24) is 20.3 Å². The van der Waals surface area contributed by atoms with E-state index in [1.54, 1.807) is 18.0 Å². The Morgan fingerprint density at radius 1 is 1.10 bits per heavy atom. The van der Waals surface area contributed by atoms with E-state index in [0.717, 1.165) is 47.7 Å². The predicted octanol–water partition coefficient (Wildman–Crippen LogP) is 4.82. The maximum atomic E-state index is 9.75. The van der Waals surface area contributed by atoms with Gasteiger partial charge in [0.1, 0.15) is 22.5 Å². The zero-order chi connectivity index (χ0) is 26.8. The second-order valence-electron chi connectivity index (χ2n) is 12.5. The highest BCUT2D eigenvalue weighted by Gasteiger charge is 2.55. The lowest BCUT2D eigenvalue weighted by Gasteiger charge is -2.61. The molecule has 5 saturated carbocycles. The van der Waals surface area contributed by atoms with Crippen molar-refractivity contribution in [2.24, 2.45) is 29.1 Å². The van der Waals surface area contributed by atoms with Crippen molar-refractivity contribution in [3.05, 3.63) is 35.7 Å². The number of rotatable bonds is 10. The van der Waals surface area contributed by atoms with Gasteiger partial charge >= 0.3 is 0 Å². The molecular formula is C30H41N7OS. The van der Waals surface area contributed by atoms with Crippen LogP contribution in [0, 0.1) is 40.4 Å². The van der Waals surface area contributed by atoms with E-state index in [4.69, 9.17) is 4.98 Å². The lowest BCUT2D eigenvalue weighted by atomic mass is 9.47.